The number of rotatable bonds is 0. The molecule has 12 nitrogen and oxygen atoms in total. The Morgan fingerprint density at radius 3 is 0.500 bits per heavy atom. The van der Waals surface area contributed by atoms with E-state index < -0.39 is 40.8 Å². The first kappa shape index (κ1) is 36.7. The van der Waals surface area contributed by atoms with E-state index in [0.29, 0.717) is 0 Å². The molecule has 18 heavy (non-hydrogen) atoms. The minimum atomic E-state index is -5.75. The molecule has 0 aromatic heterocycles. The second-order valence-electron chi connectivity index (χ2n) is 1.22. The summed E-state index contributed by atoms with van der Waals surface area (Å²) in [6.45, 7) is 0. The first-order valence-electron chi connectivity index (χ1n) is 2.00. The molecule has 2 radical (unpaired) electrons. The SMILES string of the molecule is [Co+2].[Fe+2].[Mn+2].[O]=[Cr](=[O])([O-])[O-].[O]=[Cr](=[O])([O-])[O-].[O]=[Cr](=[O])([O-])[O-]. The molecule has 0 spiro atoms. The molecule has 0 unspecified atom stereocenters. The average Bonchev–Trinajstić information content (AvgIpc) is 1.41. The van der Waals surface area contributed by atoms with Crippen LogP contribution in [0.25, 0.3) is 0 Å². The van der Waals surface area contributed by atoms with Gasteiger partial charge in [-0.05, 0) is 0 Å². The average molecular weight is 518 g/mol. The van der Waals surface area contributed by atoms with Gasteiger partial charge >= 0.3 is 140 Å². The second kappa shape index (κ2) is 15.1. The summed E-state index contributed by atoms with van der Waals surface area (Å²) in [6.07, 6.45) is 0. The van der Waals surface area contributed by atoms with Crippen LogP contribution in [0.2, 0.25) is 0 Å². The van der Waals surface area contributed by atoms with Crippen molar-refractivity contribution in [3.8, 4) is 0 Å². The van der Waals surface area contributed by atoms with E-state index in [4.69, 9.17) is 47.8 Å². The maximum absolute atomic E-state index is 8.59. The van der Waals surface area contributed by atoms with Crippen LogP contribution in [0, 0.1) is 0 Å². The van der Waals surface area contributed by atoms with Gasteiger partial charge in [-0.3, -0.25) is 0 Å². The van der Waals surface area contributed by atoms with E-state index in [1.807, 2.05) is 0 Å². The minimum absolute atomic E-state index is 0. The van der Waals surface area contributed by atoms with Crippen LogP contribution in [0.5, 0.6) is 0 Å². The van der Waals surface area contributed by atoms with Crippen molar-refractivity contribution < 1.29 is 140 Å². The van der Waals surface area contributed by atoms with Gasteiger partial charge in [0.25, 0.3) is 0 Å². The molecule has 0 saturated heterocycles. The molecule has 0 amide bonds. The fourth-order valence-corrected chi connectivity index (χ4v) is 0. The summed E-state index contributed by atoms with van der Waals surface area (Å²) in [6, 6.07) is 0. The van der Waals surface area contributed by atoms with E-state index in [-0.39, 0.29) is 50.9 Å². The Kier molecular flexibility index (Phi) is 30.8. The van der Waals surface area contributed by atoms with Crippen molar-refractivity contribution in [2.75, 3.05) is 0 Å². The molecule has 0 rings (SSSR count). The van der Waals surface area contributed by atoms with E-state index >= 15 is 0 Å². The molecule has 0 aromatic carbocycles. The van der Waals surface area contributed by atoms with Crippen LogP contribution in [0.4, 0.5) is 0 Å². The molecular formula is CoCr3FeMnO12. The predicted molar refractivity (Wildman–Crippen MR) is 4.12 cm³/mol. The molecule has 18 heteroatoms. The molecule has 0 aliphatic rings. The Labute approximate surface area is 138 Å². The Bertz CT molecular complexity index is 348. The second-order valence-corrected chi connectivity index (χ2v) is 5.05. The predicted octanol–water partition coefficient (Wildman–Crippen LogP) is -7.86. The van der Waals surface area contributed by atoms with Gasteiger partial charge in [0.05, 0.1) is 0 Å². The van der Waals surface area contributed by atoms with Crippen LogP contribution < -0.4 is 24.9 Å². The van der Waals surface area contributed by atoms with Crippen molar-refractivity contribution in [3.63, 3.8) is 0 Å². The maximum atomic E-state index is 8.59. The Hall–Kier alpha value is 1.70. The summed E-state index contributed by atoms with van der Waals surface area (Å²) < 4.78 is 103. The molecule has 0 aliphatic heterocycles. The summed E-state index contributed by atoms with van der Waals surface area (Å²) in [4.78, 5) is 0. The van der Waals surface area contributed by atoms with E-state index in [0.717, 1.165) is 0 Å². The standard InChI is InChI=1S/Co.3Cr.Fe.Mn.12O/q+2;;;;2*+2;;;;;;;6*-1. The van der Waals surface area contributed by atoms with Crippen LogP contribution in [0.1, 0.15) is 0 Å². The van der Waals surface area contributed by atoms with Crippen molar-refractivity contribution in [2.45, 2.75) is 0 Å². The van der Waals surface area contributed by atoms with Gasteiger partial charge in [-0.25, -0.2) is 0 Å². The number of hydrogen-bond donors (Lipinski definition) is 0. The molecule has 114 valence electrons. The van der Waals surface area contributed by atoms with E-state index in [1.165, 1.54) is 0 Å². The summed E-state index contributed by atoms with van der Waals surface area (Å²) in [5.41, 5.74) is 0. The Morgan fingerprint density at radius 2 is 0.500 bits per heavy atom. The van der Waals surface area contributed by atoms with Gasteiger partial charge in [0.1, 0.15) is 0 Å². The first-order chi connectivity index (χ1) is 6.00. The number of hydrogen-bond acceptors (Lipinski definition) is 12. The van der Waals surface area contributed by atoms with Crippen molar-refractivity contribution in [1.29, 1.82) is 0 Å². The molecule has 0 N–H and O–H groups in total. The van der Waals surface area contributed by atoms with E-state index in [9.17, 15) is 0 Å². The first-order valence-corrected chi connectivity index (χ1v) is 8.25. The third-order valence-corrected chi connectivity index (χ3v) is 0. The molecule has 0 aliphatic carbocycles. The normalized spacial score (nSPS) is 9.67. The Morgan fingerprint density at radius 1 is 0.500 bits per heavy atom. The monoisotopic (exact) mass is 518 g/mol. The van der Waals surface area contributed by atoms with Crippen LogP contribution in [0.3, 0.4) is 0 Å². The summed E-state index contributed by atoms with van der Waals surface area (Å²) in [7, 11) is 0. The molecule has 0 atom stereocenters. The Balaban J connectivity index is -0.0000000277. The molecule has 0 saturated carbocycles. The van der Waals surface area contributed by atoms with E-state index in [1.54, 1.807) is 0 Å². The summed E-state index contributed by atoms with van der Waals surface area (Å²) in [5.74, 6) is 0. The van der Waals surface area contributed by atoms with Crippen LogP contribution >= 0.6 is 0 Å². The molecule has 0 bridgehead atoms. The molecular weight excluding hydrogens is 518 g/mol. The van der Waals surface area contributed by atoms with Gasteiger partial charge < -0.3 is 0 Å². The van der Waals surface area contributed by atoms with Crippen molar-refractivity contribution in [1.82, 2.24) is 0 Å². The van der Waals surface area contributed by atoms with Gasteiger partial charge in [-0.15, -0.1) is 0 Å². The fourth-order valence-electron chi connectivity index (χ4n) is 0. The van der Waals surface area contributed by atoms with Crippen LogP contribution in [-0.4, -0.2) is 0 Å². The van der Waals surface area contributed by atoms with Gasteiger partial charge in [-0.1, -0.05) is 0 Å². The topological polar surface area (TPSA) is 241 Å². The molecule has 0 heterocycles. The van der Waals surface area contributed by atoms with E-state index in [2.05, 4.69) is 0 Å². The van der Waals surface area contributed by atoms with Gasteiger partial charge in [0.15, 0.2) is 0 Å². The van der Waals surface area contributed by atoms with Crippen molar-refractivity contribution in [2.24, 2.45) is 0 Å². The van der Waals surface area contributed by atoms with Gasteiger partial charge in [0.2, 0.25) is 0 Å². The van der Waals surface area contributed by atoms with Crippen LogP contribution in [-0.2, 0) is 115 Å². The van der Waals surface area contributed by atoms with Gasteiger partial charge in [0, 0.05) is 0 Å². The molecule has 0 fully saturated rings. The summed E-state index contributed by atoms with van der Waals surface area (Å²) >= 11 is -17.2. The van der Waals surface area contributed by atoms with Crippen molar-refractivity contribution >= 4 is 0 Å². The quantitative estimate of drug-likeness (QED) is 0.272. The van der Waals surface area contributed by atoms with Crippen LogP contribution in [0.15, 0.2) is 0 Å². The molecule has 0 aromatic rings. The zero-order chi connectivity index (χ0) is 13.5. The van der Waals surface area contributed by atoms with Crippen molar-refractivity contribution in [3.05, 3.63) is 0 Å². The third-order valence-electron chi connectivity index (χ3n) is 0. The third kappa shape index (κ3) is 1700. The fraction of sp³-hybridized carbons (Fsp3) is 0. The zero-order valence-electron chi connectivity index (χ0n) is 7.19. The zero-order valence-corrected chi connectivity index (χ0v) is 14.3. The summed E-state index contributed by atoms with van der Waals surface area (Å²) in [5, 5.41) is 0. The van der Waals surface area contributed by atoms with Gasteiger partial charge in [-0.2, -0.15) is 0 Å².